The standard InChI is InChI=1S/C14H21ClN4O2S.HI/c1-16-14(18-11-12-5-2-3-6-13(12)15)17-7-9-19-8-4-10-22(19,20)21;/h2-3,5-6H,4,7-11H2,1H3,(H2,16,17,18);1H. The predicted octanol–water partition coefficient (Wildman–Crippen LogP) is 1.66. The van der Waals surface area contributed by atoms with Crippen molar-refractivity contribution in [2.45, 2.75) is 13.0 Å². The molecule has 0 saturated carbocycles. The summed E-state index contributed by atoms with van der Waals surface area (Å²) in [6.45, 7) is 2.13. The number of nitrogens with one attached hydrogen (secondary N) is 2. The Kier molecular flexibility index (Phi) is 8.59. The van der Waals surface area contributed by atoms with E-state index >= 15 is 0 Å². The van der Waals surface area contributed by atoms with Crippen LogP contribution < -0.4 is 10.6 Å². The second-order valence-corrected chi connectivity index (χ2v) is 7.51. The highest BCUT2D eigenvalue weighted by atomic mass is 127. The molecule has 9 heteroatoms. The molecule has 0 unspecified atom stereocenters. The maximum atomic E-state index is 11.7. The summed E-state index contributed by atoms with van der Waals surface area (Å²) in [6, 6.07) is 7.60. The van der Waals surface area contributed by atoms with E-state index in [1.165, 1.54) is 4.31 Å². The first kappa shape index (κ1) is 20.5. The fourth-order valence-electron chi connectivity index (χ4n) is 2.28. The zero-order chi connectivity index (χ0) is 16.0. The lowest BCUT2D eigenvalue weighted by Crippen LogP contribution is -2.41. The molecule has 1 fully saturated rings. The molecule has 1 aromatic rings. The highest BCUT2D eigenvalue weighted by Crippen LogP contribution is 2.14. The smallest absolute Gasteiger partial charge is 0.214 e. The van der Waals surface area contributed by atoms with Crippen molar-refractivity contribution in [1.82, 2.24) is 14.9 Å². The number of aliphatic imine (C=N–C) groups is 1. The van der Waals surface area contributed by atoms with Gasteiger partial charge in [-0.3, -0.25) is 4.99 Å². The van der Waals surface area contributed by atoms with E-state index in [9.17, 15) is 8.42 Å². The van der Waals surface area contributed by atoms with Crippen molar-refractivity contribution in [3.63, 3.8) is 0 Å². The van der Waals surface area contributed by atoms with Gasteiger partial charge in [0.25, 0.3) is 0 Å². The summed E-state index contributed by atoms with van der Waals surface area (Å²) in [5, 5.41) is 6.98. The van der Waals surface area contributed by atoms with Gasteiger partial charge < -0.3 is 10.6 Å². The molecule has 6 nitrogen and oxygen atoms in total. The monoisotopic (exact) mass is 472 g/mol. The molecule has 1 saturated heterocycles. The first-order valence-electron chi connectivity index (χ1n) is 7.18. The molecule has 0 bridgehead atoms. The molecule has 2 N–H and O–H groups in total. The molecule has 1 aromatic carbocycles. The van der Waals surface area contributed by atoms with Gasteiger partial charge in [-0.15, -0.1) is 24.0 Å². The van der Waals surface area contributed by atoms with Crippen LogP contribution in [-0.2, 0) is 16.6 Å². The maximum Gasteiger partial charge on any atom is 0.214 e. The number of hydrogen-bond acceptors (Lipinski definition) is 3. The third-order valence-corrected chi connectivity index (χ3v) is 5.81. The van der Waals surface area contributed by atoms with Crippen molar-refractivity contribution in [1.29, 1.82) is 0 Å². The van der Waals surface area contributed by atoms with Gasteiger partial charge in [0.1, 0.15) is 0 Å². The van der Waals surface area contributed by atoms with Gasteiger partial charge in [0.05, 0.1) is 5.75 Å². The fraction of sp³-hybridized carbons (Fsp3) is 0.500. The van der Waals surface area contributed by atoms with E-state index in [4.69, 9.17) is 11.6 Å². The number of halogens is 2. The molecule has 0 aromatic heterocycles. The van der Waals surface area contributed by atoms with Crippen LogP contribution in [0.25, 0.3) is 0 Å². The van der Waals surface area contributed by atoms with Crippen molar-refractivity contribution < 1.29 is 8.42 Å². The van der Waals surface area contributed by atoms with Gasteiger partial charge in [-0.25, -0.2) is 12.7 Å². The summed E-state index contributed by atoms with van der Waals surface area (Å²) in [6.07, 6.45) is 0.710. The quantitative estimate of drug-likeness (QED) is 0.388. The van der Waals surface area contributed by atoms with Crippen LogP contribution in [0.2, 0.25) is 5.02 Å². The van der Waals surface area contributed by atoms with Crippen molar-refractivity contribution in [2.24, 2.45) is 4.99 Å². The molecule has 0 atom stereocenters. The SMILES string of the molecule is CN=C(NCCN1CCCS1(=O)=O)NCc1ccccc1Cl.I. The average molecular weight is 473 g/mol. The highest BCUT2D eigenvalue weighted by Gasteiger charge is 2.27. The molecule has 1 aliphatic rings. The Bertz CT molecular complexity index is 639. The molecular formula is C14H22ClIN4O2S. The topological polar surface area (TPSA) is 73.8 Å². The Morgan fingerprint density at radius 3 is 2.70 bits per heavy atom. The van der Waals surface area contributed by atoms with Gasteiger partial charge in [0.2, 0.25) is 10.0 Å². The molecule has 0 amide bonds. The predicted molar refractivity (Wildman–Crippen MR) is 105 cm³/mol. The van der Waals surface area contributed by atoms with Crippen molar-refractivity contribution >= 4 is 51.6 Å². The van der Waals surface area contributed by atoms with E-state index in [0.29, 0.717) is 43.6 Å². The van der Waals surface area contributed by atoms with E-state index in [1.54, 1.807) is 7.05 Å². The van der Waals surface area contributed by atoms with E-state index < -0.39 is 10.0 Å². The zero-order valence-electron chi connectivity index (χ0n) is 13.0. The molecule has 0 spiro atoms. The first-order valence-corrected chi connectivity index (χ1v) is 9.17. The maximum absolute atomic E-state index is 11.7. The third kappa shape index (κ3) is 6.09. The Morgan fingerprint density at radius 1 is 1.35 bits per heavy atom. The van der Waals surface area contributed by atoms with Gasteiger partial charge in [0, 0.05) is 38.2 Å². The Balaban J connectivity index is 0.00000264. The summed E-state index contributed by atoms with van der Waals surface area (Å²) in [5.74, 6) is 0.878. The van der Waals surface area contributed by atoms with Gasteiger partial charge in [-0.05, 0) is 18.1 Å². The average Bonchev–Trinajstić information content (AvgIpc) is 2.83. The minimum absolute atomic E-state index is 0. The van der Waals surface area contributed by atoms with E-state index in [2.05, 4.69) is 15.6 Å². The van der Waals surface area contributed by atoms with E-state index in [1.807, 2.05) is 24.3 Å². The van der Waals surface area contributed by atoms with Gasteiger partial charge >= 0.3 is 0 Å². The van der Waals surface area contributed by atoms with Crippen LogP contribution in [0.15, 0.2) is 29.3 Å². The van der Waals surface area contributed by atoms with Crippen LogP contribution in [-0.4, -0.2) is 51.1 Å². The number of sulfonamides is 1. The summed E-state index contributed by atoms with van der Waals surface area (Å²) >= 11 is 6.10. The van der Waals surface area contributed by atoms with E-state index in [0.717, 1.165) is 5.56 Å². The lowest BCUT2D eigenvalue weighted by molar-refractivity contribution is 0.445. The first-order chi connectivity index (χ1) is 10.5. The van der Waals surface area contributed by atoms with Crippen LogP contribution in [0, 0.1) is 0 Å². The molecule has 130 valence electrons. The summed E-state index contributed by atoms with van der Waals surface area (Å²) in [5.41, 5.74) is 0.981. The van der Waals surface area contributed by atoms with Crippen LogP contribution in [0.3, 0.4) is 0 Å². The molecule has 23 heavy (non-hydrogen) atoms. The van der Waals surface area contributed by atoms with Crippen LogP contribution >= 0.6 is 35.6 Å². The lowest BCUT2D eigenvalue weighted by Gasteiger charge is -2.16. The van der Waals surface area contributed by atoms with E-state index in [-0.39, 0.29) is 29.7 Å². The summed E-state index contributed by atoms with van der Waals surface area (Å²) < 4.78 is 24.9. The van der Waals surface area contributed by atoms with Crippen LogP contribution in [0.1, 0.15) is 12.0 Å². The Morgan fingerprint density at radius 2 is 2.09 bits per heavy atom. The minimum Gasteiger partial charge on any atom is -0.355 e. The Hall–Kier alpha value is -0.580. The van der Waals surface area contributed by atoms with Gasteiger partial charge in [0.15, 0.2) is 5.96 Å². The lowest BCUT2D eigenvalue weighted by atomic mass is 10.2. The second-order valence-electron chi connectivity index (χ2n) is 5.01. The molecule has 1 heterocycles. The number of rotatable bonds is 5. The molecule has 0 aliphatic carbocycles. The highest BCUT2D eigenvalue weighted by molar-refractivity contribution is 14.0. The molecule has 0 radical (unpaired) electrons. The van der Waals surface area contributed by atoms with Crippen LogP contribution in [0.5, 0.6) is 0 Å². The van der Waals surface area contributed by atoms with Crippen molar-refractivity contribution in [2.75, 3.05) is 32.4 Å². The van der Waals surface area contributed by atoms with Gasteiger partial charge in [-0.2, -0.15) is 0 Å². The normalized spacial score (nSPS) is 17.6. The van der Waals surface area contributed by atoms with Crippen molar-refractivity contribution in [3.8, 4) is 0 Å². The second kappa shape index (κ2) is 9.65. The largest absolute Gasteiger partial charge is 0.355 e. The van der Waals surface area contributed by atoms with Gasteiger partial charge in [-0.1, -0.05) is 29.8 Å². The van der Waals surface area contributed by atoms with Crippen LogP contribution in [0.4, 0.5) is 0 Å². The minimum atomic E-state index is -3.04. The van der Waals surface area contributed by atoms with Crippen molar-refractivity contribution in [3.05, 3.63) is 34.9 Å². The summed E-state index contributed by atoms with van der Waals surface area (Å²) in [7, 11) is -1.36. The summed E-state index contributed by atoms with van der Waals surface area (Å²) in [4.78, 5) is 4.12. The molecular weight excluding hydrogens is 451 g/mol. The third-order valence-electron chi connectivity index (χ3n) is 3.48. The zero-order valence-corrected chi connectivity index (χ0v) is 16.9. The number of benzene rings is 1. The number of nitrogens with zero attached hydrogens (tertiary/aromatic N) is 2. The Labute approximate surface area is 159 Å². The molecule has 1 aliphatic heterocycles. The molecule has 2 rings (SSSR count). The number of hydrogen-bond donors (Lipinski definition) is 2. The number of guanidine groups is 1. The fourth-order valence-corrected chi connectivity index (χ4v) is 4.01.